The van der Waals surface area contributed by atoms with Crippen LogP contribution in [0, 0.1) is 6.92 Å². The van der Waals surface area contributed by atoms with Gasteiger partial charge in [0, 0.05) is 19.7 Å². The SMILES string of the molecule is COC(=O)c1ccc(C(C(=O)NCC2CCCO2)N(CCc2ccccc2C)C(=O)Cn2nnc3ccccc32)cc1. The van der Waals surface area contributed by atoms with Gasteiger partial charge in [0.2, 0.25) is 11.8 Å². The van der Waals surface area contributed by atoms with Gasteiger partial charge in [-0.2, -0.15) is 0 Å². The van der Waals surface area contributed by atoms with Gasteiger partial charge in [-0.3, -0.25) is 9.59 Å². The van der Waals surface area contributed by atoms with E-state index >= 15 is 0 Å². The van der Waals surface area contributed by atoms with Crippen molar-refractivity contribution >= 4 is 28.8 Å². The molecular formula is C32H35N5O5. The first-order valence-electron chi connectivity index (χ1n) is 14.1. The molecule has 2 unspecified atom stereocenters. The molecule has 0 spiro atoms. The molecule has 1 aliphatic rings. The lowest BCUT2D eigenvalue weighted by atomic mass is 10.00. The molecule has 2 heterocycles. The highest BCUT2D eigenvalue weighted by Gasteiger charge is 2.33. The summed E-state index contributed by atoms with van der Waals surface area (Å²) in [5.41, 5.74) is 4.53. The number of nitrogens with zero attached hydrogens (tertiary/aromatic N) is 4. The quantitative estimate of drug-likeness (QED) is 0.274. The average Bonchev–Trinajstić information content (AvgIpc) is 3.69. The lowest BCUT2D eigenvalue weighted by molar-refractivity contribution is -0.141. The number of esters is 1. The summed E-state index contributed by atoms with van der Waals surface area (Å²) in [6, 6.07) is 21.1. The molecule has 218 valence electrons. The first kappa shape index (κ1) is 28.9. The molecule has 2 atom stereocenters. The minimum absolute atomic E-state index is 0.0612. The molecule has 1 saturated heterocycles. The van der Waals surface area contributed by atoms with Gasteiger partial charge in [0.15, 0.2) is 0 Å². The monoisotopic (exact) mass is 569 g/mol. The summed E-state index contributed by atoms with van der Waals surface area (Å²) < 4.78 is 12.1. The molecule has 10 heteroatoms. The number of benzene rings is 3. The maximum atomic E-state index is 14.1. The molecule has 1 fully saturated rings. The predicted molar refractivity (Wildman–Crippen MR) is 157 cm³/mol. The van der Waals surface area contributed by atoms with Crippen molar-refractivity contribution < 1.29 is 23.9 Å². The number of carbonyl (C=O) groups is 3. The number of nitrogens with one attached hydrogen (secondary N) is 1. The van der Waals surface area contributed by atoms with Crippen molar-refractivity contribution in [2.75, 3.05) is 26.8 Å². The van der Waals surface area contributed by atoms with Crippen LogP contribution in [0.2, 0.25) is 0 Å². The van der Waals surface area contributed by atoms with Gasteiger partial charge in [-0.15, -0.1) is 5.10 Å². The van der Waals surface area contributed by atoms with Crippen molar-refractivity contribution in [2.45, 2.75) is 44.9 Å². The number of rotatable bonds is 11. The molecule has 0 bridgehead atoms. The molecule has 42 heavy (non-hydrogen) atoms. The largest absolute Gasteiger partial charge is 0.465 e. The van der Waals surface area contributed by atoms with Crippen molar-refractivity contribution in [1.82, 2.24) is 25.2 Å². The highest BCUT2D eigenvalue weighted by Crippen LogP contribution is 2.25. The van der Waals surface area contributed by atoms with E-state index in [1.54, 1.807) is 33.8 Å². The molecular weight excluding hydrogens is 534 g/mol. The normalized spacial score (nSPS) is 15.3. The van der Waals surface area contributed by atoms with Crippen LogP contribution in [0.25, 0.3) is 11.0 Å². The van der Waals surface area contributed by atoms with Crippen LogP contribution in [0.1, 0.15) is 45.9 Å². The van der Waals surface area contributed by atoms with Crippen LogP contribution >= 0.6 is 0 Å². The number of ether oxygens (including phenoxy) is 2. The van der Waals surface area contributed by atoms with Gasteiger partial charge in [-0.25, -0.2) is 9.48 Å². The van der Waals surface area contributed by atoms with Crippen LogP contribution in [-0.2, 0) is 32.0 Å². The molecule has 0 saturated carbocycles. The lowest BCUT2D eigenvalue weighted by Gasteiger charge is -2.32. The van der Waals surface area contributed by atoms with Crippen LogP contribution < -0.4 is 5.32 Å². The Kier molecular flexibility index (Phi) is 9.23. The van der Waals surface area contributed by atoms with Crippen molar-refractivity contribution in [3.63, 3.8) is 0 Å². The zero-order chi connectivity index (χ0) is 29.5. The number of fused-ring (bicyclic) bond motifs is 1. The topological polar surface area (TPSA) is 116 Å². The Morgan fingerprint density at radius 3 is 2.57 bits per heavy atom. The number of aromatic nitrogens is 3. The lowest BCUT2D eigenvalue weighted by Crippen LogP contribution is -2.47. The highest BCUT2D eigenvalue weighted by atomic mass is 16.5. The van der Waals surface area contributed by atoms with E-state index < -0.39 is 12.0 Å². The second-order valence-electron chi connectivity index (χ2n) is 10.4. The molecule has 5 rings (SSSR count). The molecule has 0 aliphatic carbocycles. The predicted octanol–water partition coefficient (Wildman–Crippen LogP) is 3.63. The standard InChI is InChI=1S/C32H35N5O5/c1-22-8-3-4-9-23(22)17-18-36(29(38)21-37-28-12-6-5-11-27(28)34-35-37)30(31(39)33-20-26-10-7-19-42-26)24-13-15-25(16-14-24)32(40)41-2/h3-6,8-9,11-16,26,30H,7,10,17-21H2,1-2H3,(H,33,39). The third kappa shape index (κ3) is 6.66. The van der Waals surface area contributed by atoms with Crippen LogP contribution in [0.5, 0.6) is 0 Å². The summed E-state index contributed by atoms with van der Waals surface area (Å²) in [6.45, 7) is 3.24. The van der Waals surface area contributed by atoms with Crippen molar-refractivity contribution in [1.29, 1.82) is 0 Å². The Labute approximate surface area is 244 Å². The summed E-state index contributed by atoms with van der Waals surface area (Å²) in [7, 11) is 1.32. The van der Waals surface area contributed by atoms with E-state index in [0.717, 1.165) is 29.5 Å². The average molecular weight is 570 g/mol. The number of para-hydroxylation sites is 1. The Hall–Kier alpha value is -4.57. The second-order valence-corrected chi connectivity index (χ2v) is 10.4. The highest BCUT2D eigenvalue weighted by molar-refractivity contribution is 5.91. The fraction of sp³-hybridized carbons (Fsp3) is 0.344. The summed E-state index contributed by atoms with van der Waals surface area (Å²) in [5.74, 6) is -1.09. The Morgan fingerprint density at radius 2 is 1.83 bits per heavy atom. The molecule has 1 N–H and O–H groups in total. The Balaban J connectivity index is 1.49. The number of hydrogen-bond donors (Lipinski definition) is 1. The van der Waals surface area contributed by atoms with E-state index in [1.165, 1.54) is 7.11 Å². The van der Waals surface area contributed by atoms with E-state index in [9.17, 15) is 14.4 Å². The van der Waals surface area contributed by atoms with Crippen LogP contribution in [0.3, 0.4) is 0 Å². The summed E-state index contributed by atoms with van der Waals surface area (Å²) >= 11 is 0. The molecule has 10 nitrogen and oxygen atoms in total. The van der Waals surface area contributed by atoms with Gasteiger partial charge in [-0.1, -0.05) is 53.7 Å². The van der Waals surface area contributed by atoms with E-state index in [0.29, 0.717) is 36.2 Å². The Morgan fingerprint density at radius 1 is 1.07 bits per heavy atom. The van der Waals surface area contributed by atoms with Crippen molar-refractivity contribution in [3.8, 4) is 0 Å². The van der Waals surface area contributed by atoms with E-state index in [2.05, 4.69) is 15.6 Å². The van der Waals surface area contributed by atoms with Gasteiger partial charge < -0.3 is 19.7 Å². The molecule has 0 radical (unpaired) electrons. The van der Waals surface area contributed by atoms with E-state index in [4.69, 9.17) is 9.47 Å². The maximum Gasteiger partial charge on any atom is 0.337 e. The van der Waals surface area contributed by atoms with E-state index in [1.807, 2.05) is 55.5 Å². The third-order valence-electron chi connectivity index (χ3n) is 7.64. The minimum atomic E-state index is -0.954. The second kappa shape index (κ2) is 13.4. The zero-order valence-electron chi connectivity index (χ0n) is 23.9. The Bertz CT molecular complexity index is 1540. The zero-order valence-corrected chi connectivity index (χ0v) is 23.9. The van der Waals surface area contributed by atoms with Crippen LogP contribution in [0.4, 0.5) is 0 Å². The minimum Gasteiger partial charge on any atom is -0.465 e. The number of methoxy groups -OCH3 is 1. The van der Waals surface area contributed by atoms with Gasteiger partial charge in [0.1, 0.15) is 18.1 Å². The summed E-state index contributed by atoms with van der Waals surface area (Å²) in [6.07, 6.45) is 2.31. The molecule has 2 amide bonds. The summed E-state index contributed by atoms with van der Waals surface area (Å²) in [4.78, 5) is 41.7. The number of carbonyl (C=O) groups excluding carboxylic acids is 3. The third-order valence-corrected chi connectivity index (χ3v) is 7.64. The van der Waals surface area contributed by atoms with Gasteiger partial charge >= 0.3 is 5.97 Å². The van der Waals surface area contributed by atoms with E-state index in [-0.39, 0.29) is 31.0 Å². The molecule has 1 aromatic heterocycles. The number of hydrogen-bond acceptors (Lipinski definition) is 7. The molecule has 4 aromatic rings. The fourth-order valence-electron chi connectivity index (χ4n) is 5.29. The van der Waals surface area contributed by atoms with Crippen molar-refractivity contribution in [3.05, 3.63) is 95.1 Å². The smallest absolute Gasteiger partial charge is 0.337 e. The number of amides is 2. The van der Waals surface area contributed by atoms with Crippen LogP contribution in [-0.4, -0.2) is 70.6 Å². The van der Waals surface area contributed by atoms with Gasteiger partial charge in [0.25, 0.3) is 0 Å². The number of aryl methyl sites for hydroxylation is 1. The fourth-order valence-corrected chi connectivity index (χ4v) is 5.29. The molecule has 1 aliphatic heterocycles. The molecule has 3 aromatic carbocycles. The van der Waals surface area contributed by atoms with Crippen LogP contribution in [0.15, 0.2) is 72.8 Å². The maximum absolute atomic E-state index is 14.1. The first-order valence-corrected chi connectivity index (χ1v) is 14.1. The van der Waals surface area contributed by atoms with Gasteiger partial charge in [-0.05, 0) is 67.1 Å². The first-order chi connectivity index (χ1) is 20.4. The van der Waals surface area contributed by atoms with Crippen molar-refractivity contribution in [2.24, 2.45) is 0 Å². The summed E-state index contributed by atoms with van der Waals surface area (Å²) in [5, 5.41) is 11.4. The van der Waals surface area contributed by atoms with Gasteiger partial charge in [0.05, 0.1) is 24.3 Å².